The van der Waals surface area contributed by atoms with Crippen molar-refractivity contribution in [2.24, 2.45) is 5.92 Å². The van der Waals surface area contributed by atoms with Gasteiger partial charge in [-0.05, 0) is 43.4 Å². The van der Waals surface area contributed by atoms with Crippen LogP contribution in [0.1, 0.15) is 55.7 Å². The highest BCUT2D eigenvalue weighted by atomic mass is 19.4. The molecule has 2 aliphatic rings. The van der Waals surface area contributed by atoms with Crippen molar-refractivity contribution in [3.8, 4) is 11.1 Å². The number of benzene rings is 1. The Morgan fingerprint density at radius 1 is 1.03 bits per heavy atom. The number of alkyl halides is 3. The number of likely N-dealkylation sites (tertiary alicyclic amines) is 1. The minimum Gasteiger partial charge on any atom is -0.347 e. The number of carbonyl (C=O) groups is 1. The fourth-order valence-electron chi connectivity index (χ4n) is 4.78. The minimum atomic E-state index is -4.37. The number of carbonyl (C=O) groups excluding carboxylic acids is 1. The summed E-state index contributed by atoms with van der Waals surface area (Å²) >= 11 is 0. The van der Waals surface area contributed by atoms with Crippen molar-refractivity contribution >= 4 is 11.9 Å². The lowest BCUT2D eigenvalue weighted by Crippen LogP contribution is -2.41. The van der Waals surface area contributed by atoms with E-state index in [9.17, 15) is 18.0 Å². The highest BCUT2D eigenvalue weighted by Gasteiger charge is 2.33. The maximum atomic E-state index is 13.0. The molecule has 0 spiro atoms. The van der Waals surface area contributed by atoms with Gasteiger partial charge < -0.3 is 9.80 Å². The lowest BCUT2D eigenvalue weighted by atomic mass is 9.88. The van der Waals surface area contributed by atoms with Crippen LogP contribution in [0.25, 0.3) is 11.1 Å². The molecule has 1 saturated carbocycles. The molecule has 4 rings (SSSR count). The molecule has 1 aliphatic heterocycles. The number of nitrogens with zero attached hydrogens (tertiary/aromatic N) is 4. The molecule has 1 amide bonds. The first kappa shape index (κ1) is 22.6. The van der Waals surface area contributed by atoms with Gasteiger partial charge in [-0.25, -0.2) is 9.97 Å². The van der Waals surface area contributed by atoms with E-state index in [4.69, 9.17) is 4.98 Å². The molecule has 1 aromatic heterocycles. The predicted molar refractivity (Wildman–Crippen MR) is 117 cm³/mol. The third-order valence-corrected chi connectivity index (χ3v) is 6.63. The van der Waals surface area contributed by atoms with Crippen molar-refractivity contribution in [2.45, 2.75) is 50.6 Å². The van der Waals surface area contributed by atoms with Gasteiger partial charge >= 0.3 is 6.18 Å². The van der Waals surface area contributed by atoms with Crippen LogP contribution in [0, 0.1) is 5.92 Å². The molecule has 0 N–H and O–H groups in total. The SMILES string of the molecule is CN(C)c1ncc(-c2ccc(C(F)(F)F)cc2)c(C2CCN(C(=O)C3CCCC3)CC2)n1. The molecule has 2 aromatic rings. The maximum Gasteiger partial charge on any atom is 0.416 e. The van der Waals surface area contributed by atoms with Crippen LogP contribution in [-0.4, -0.2) is 48.0 Å². The quantitative estimate of drug-likeness (QED) is 0.654. The summed E-state index contributed by atoms with van der Waals surface area (Å²) in [6.07, 6.45) is 3.17. The first-order valence-electron chi connectivity index (χ1n) is 11.2. The Hall–Kier alpha value is -2.64. The van der Waals surface area contributed by atoms with Gasteiger partial charge in [0.2, 0.25) is 11.9 Å². The van der Waals surface area contributed by atoms with Gasteiger partial charge in [-0.3, -0.25) is 4.79 Å². The number of hydrogen-bond donors (Lipinski definition) is 0. The van der Waals surface area contributed by atoms with E-state index in [0.717, 1.165) is 61.9 Å². The molecule has 32 heavy (non-hydrogen) atoms. The van der Waals surface area contributed by atoms with E-state index < -0.39 is 11.7 Å². The Morgan fingerprint density at radius 2 is 1.66 bits per heavy atom. The fourth-order valence-corrected chi connectivity index (χ4v) is 4.78. The first-order valence-corrected chi connectivity index (χ1v) is 11.2. The molecule has 5 nitrogen and oxygen atoms in total. The predicted octanol–water partition coefficient (Wildman–Crippen LogP) is 5.12. The zero-order chi connectivity index (χ0) is 22.9. The van der Waals surface area contributed by atoms with Gasteiger partial charge in [0.15, 0.2) is 0 Å². The summed E-state index contributed by atoms with van der Waals surface area (Å²) in [5.74, 6) is 1.15. The molecule has 2 fully saturated rings. The van der Waals surface area contributed by atoms with Crippen molar-refractivity contribution in [3.05, 3.63) is 41.7 Å². The van der Waals surface area contributed by atoms with E-state index in [-0.39, 0.29) is 17.7 Å². The first-order chi connectivity index (χ1) is 15.2. The molecule has 1 saturated heterocycles. The van der Waals surface area contributed by atoms with Crippen LogP contribution in [-0.2, 0) is 11.0 Å². The van der Waals surface area contributed by atoms with Crippen LogP contribution >= 0.6 is 0 Å². The molecule has 0 radical (unpaired) electrons. The Labute approximate surface area is 186 Å². The van der Waals surface area contributed by atoms with Gasteiger partial charge in [-0.2, -0.15) is 13.2 Å². The second kappa shape index (κ2) is 9.08. The summed E-state index contributed by atoms with van der Waals surface area (Å²) in [7, 11) is 3.72. The molecular weight excluding hydrogens is 417 g/mol. The van der Waals surface area contributed by atoms with E-state index in [1.807, 2.05) is 23.9 Å². The van der Waals surface area contributed by atoms with Crippen LogP contribution in [0.4, 0.5) is 19.1 Å². The number of piperidine rings is 1. The van der Waals surface area contributed by atoms with Crippen molar-refractivity contribution < 1.29 is 18.0 Å². The summed E-state index contributed by atoms with van der Waals surface area (Å²) < 4.78 is 39.0. The second-order valence-electron chi connectivity index (χ2n) is 9.02. The Kier molecular flexibility index (Phi) is 6.40. The molecular formula is C24H29F3N4O. The normalized spacial score (nSPS) is 18.2. The smallest absolute Gasteiger partial charge is 0.347 e. The number of rotatable bonds is 4. The molecule has 172 valence electrons. The largest absolute Gasteiger partial charge is 0.416 e. The average Bonchev–Trinajstić information content (AvgIpc) is 3.33. The lowest BCUT2D eigenvalue weighted by Gasteiger charge is -2.34. The Morgan fingerprint density at radius 3 is 2.22 bits per heavy atom. The van der Waals surface area contributed by atoms with Crippen molar-refractivity contribution in [1.29, 1.82) is 0 Å². The van der Waals surface area contributed by atoms with E-state index in [1.165, 1.54) is 12.1 Å². The monoisotopic (exact) mass is 446 g/mol. The van der Waals surface area contributed by atoms with E-state index in [0.29, 0.717) is 24.6 Å². The number of aromatic nitrogens is 2. The summed E-state index contributed by atoms with van der Waals surface area (Å²) in [6, 6.07) is 5.17. The van der Waals surface area contributed by atoms with Crippen LogP contribution < -0.4 is 4.90 Å². The van der Waals surface area contributed by atoms with E-state index in [1.54, 1.807) is 6.20 Å². The van der Waals surface area contributed by atoms with Gasteiger partial charge in [0.05, 0.1) is 11.3 Å². The summed E-state index contributed by atoms with van der Waals surface area (Å²) in [5.41, 5.74) is 1.59. The van der Waals surface area contributed by atoms with Crippen LogP contribution in [0.2, 0.25) is 0 Å². The van der Waals surface area contributed by atoms with Crippen molar-refractivity contribution in [1.82, 2.24) is 14.9 Å². The zero-order valence-corrected chi connectivity index (χ0v) is 18.5. The molecule has 8 heteroatoms. The molecule has 0 unspecified atom stereocenters. The summed E-state index contributed by atoms with van der Waals surface area (Å²) in [5, 5.41) is 0. The third kappa shape index (κ3) is 4.74. The summed E-state index contributed by atoms with van der Waals surface area (Å²) in [6.45, 7) is 1.38. The molecule has 0 bridgehead atoms. The van der Waals surface area contributed by atoms with Crippen LogP contribution in [0.5, 0.6) is 0 Å². The van der Waals surface area contributed by atoms with Crippen LogP contribution in [0.3, 0.4) is 0 Å². The summed E-state index contributed by atoms with van der Waals surface area (Å²) in [4.78, 5) is 25.8. The average molecular weight is 447 g/mol. The number of hydrogen-bond acceptors (Lipinski definition) is 4. The van der Waals surface area contributed by atoms with Crippen LogP contribution in [0.15, 0.2) is 30.5 Å². The second-order valence-corrected chi connectivity index (χ2v) is 9.02. The zero-order valence-electron chi connectivity index (χ0n) is 18.5. The number of amides is 1. The van der Waals surface area contributed by atoms with Gasteiger partial charge in [0, 0.05) is 50.8 Å². The highest BCUT2D eigenvalue weighted by Crippen LogP contribution is 2.37. The number of halogens is 3. The molecule has 2 heterocycles. The van der Waals surface area contributed by atoms with Gasteiger partial charge in [-0.15, -0.1) is 0 Å². The van der Waals surface area contributed by atoms with Gasteiger partial charge in [0.25, 0.3) is 0 Å². The minimum absolute atomic E-state index is 0.127. The Balaban J connectivity index is 1.57. The molecule has 1 aliphatic carbocycles. The van der Waals surface area contributed by atoms with E-state index >= 15 is 0 Å². The van der Waals surface area contributed by atoms with Gasteiger partial charge in [-0.1, -0.05) is 25.0 Å². The highest BCUT2D eigenvalue weighted by molar-refractivity contribution is 5.79. The third-order valence-electron chi connectivity index (χ3n) is 6.63. The fraction of sp³-hybridized carbons (Fsp3) is 0.542. The van der Waals surface area contributed by atoms with E-state index in [2.05, 4.69) is 4.98 Å². The molecule has 1 aromatic carbocycles. The lowest BCUT2D eigenvalue weighted by molar-refractivity contribution is -0.138. The van der Waals surface area contributed by atoms with Crippen molar-refractivity contribution in [2.75, 3.05) is 32.1 Å². The standard InChI is InChI=1S/C24H29F3N4O/c1-30(2)23-28-15-20(16-7-9-19(10-8-16)24(25,26)27)21(29-23)17-11-13-31(14-12-17)22(32)18-5-3-4-6-18/h7-10,15,17-18H,3-6,11-14H2,1-2H3. The number of anilines is 1. The maximum absolute atomic E-state index is 13.0. The topological polar surface area (TPSA) is 49.3 Å². The van der Waals surface area contributed by atoms with Crippen molar-refractivity contribution in [3.63, 3.8) is 0 Å². The van der Waals surface area contributed by atoms with Gasteiger partial charge in [0.1, 0.15) is 0 Å². The Bertz CT molecular complexity index is 945. The molecule has 0 atom stereocenters.